The third kappa shape index (κ3) is 4.37. The van der Waals surface area contributed by atoms with Gasteiger partial charge in [0.1, 0.15) is 11.5 Å². The number of furan rings is 1. The molecule has 1 N–H and O–H groups in total. The number of thiazole rings is 1. The SMILES string of the molecule is CCOCc1cc(C(=O)NCc2ccc(-c3nc4ccccc4s3)o2)ccc1OC. The molecule has 0 aliphatic rings. The molecule has 0 aliphatic heterocycles. The maximum absolute atomic E-state index is 12.6. The number of carbonyl (C=O) groups excluding carboxylic acids is 1. The second-order valence-electron chi connectivity index (χ2n) is 6.60. The van der Waals surface area contributed by atoms with E-state index in [1.807, 2.05) is 43.3 Å². The highest BCUT2D eigenvalue weighted by atomic mass is 32.1. The molecule has 6 nitrogen and oxygen atoms in total. The number of fused-ring (bicyclic) bond motifs is 1. The zero-order valence-corrected chi connectivity index (χ0v) is 17.6. The monoisotopic (exact) mass is 422 g/mol. The van der Waals surface area contributed by atoms with Gasteiger partial charge in [-0.1, -0.05) is 12.1 Å². The van der Waals surface area contributed by atoms with Crippen molar-refractivity contribution >= 4 is 27.5 Å². The summed E-state index contributed by atoms with van der Waals surface area (Å²) in [4.78, 5) is 17.2. The first-order valence-electron chi connectivity index (χ1n) is 9.65. The average molecular weight is 423 g/mol. The molecule has 0 spiro atoms. The highest BCUT2D eigenvalue weighted by molar-refractivity contribution is 7.21. The van der Waals surface area contributed by atoms with Crippen LogP contribution in [0.25, 0.3) is 21.0 Å². The van der Waals surface area contributed by atoms with E-state index in [0.29, 0.717) is 36.0 Å². The van der Waals surface area contributed by atoms with E-state index in [9.17, 15) is 4.79 Å². The van der Waals surface area contributed by atoms with Crippen LogP contribution in [0.4, 0.5) is 0 Å². The van der Waals surface area contributed by atoms with E-state index in [1.54, 1.807) is 36.6 Å². The molecule has 0 atom stereocenters. The van der Waals surface area contributed by atoms with Crippen molar-refractivity contribution in [3.8, 4) is 16.5 Å². The van der Waals surface area contributed by atoms with Gasteiger partial charge < -0.3 is 19.2 Å². The van der Waals surface area contributed by atoms with E-state index in [-0.39, 0.29) is 12.5 Å². The van der Waals surface area contributed by atoms with E-state index < -0.39 is 0 Å². The predicted octanol–water partition coefficient (Wildman–Crippen LogP) is 5.03. The maximum Gasteiger partial charge on any atom is 0.251 e. The molecule has 0 radical (unpaired) electrons. The lowest BCUT2D eigenvalue weighted by Gasteiger charge is -2.11. The number of nitrogens with zero attached hydrogens (tertiary/aromatic N) is 1. The number of hydrogen-bond donors (Lipinski definition) is 1. The van der Waals surface area contributed by atoms with Gasteiger partial charge in [-0.15, -0.1) is 11.3 Å². The van der Waals surface area contributed by atoms with Gasteiger partial charge in [-0.05, 0) is 49.4 Å². The number of methoxy groups -OCH3 is 1. The number of aromatic nitrogens is 1. The van der Waals surface area contributed by atoms with Crippen LogP contribution >= 0.6 is 11.3 Å². The predicted molar refractivity (Wildman–Crippen MR) is 117 cm³/mol. The van der Waals surface area contributed by atoms with Crippen molar-refractivity contribution in [3.63, 3.8) is 0 Å². The third-order valence-corrected chi connectivity index (χ3v) is 5.64. The Hall–Kier alpha value is -3.16. The number of ether oxygens (including phenoxy) is 2. The summed E-state index contributed by atoms with van der Waals surface area (Å²) in [5.41, 5.74) is 2.33. The second kappa shape index (κ2) is 9.11. The Morgan fingerprint density at radius 1 is 1.17 bits per heavy atom. The van der Waals surface area contributed by atoms with Crippen LogP contribution in [0, 0.1) is 0 Å². The Balaban J connectivity index is 1.43. The van der Waals surface area contributed by atoms with Crippen LogP contribution in [-0.4, -0.2) is 24.6 Å². The van der Waals surface area contributed by atoms with Gasteiger partial charge in [0.2, 0.25) is 0 Å². The topological polar surface area (TPSA) is 73.6 Å². The molecule has 154 valence electrons. The minimum absolute atomic E-state index is 0.187. The number of benzene rings is 2. The molecule has 0 unspecified atom stereocenters. The van der Waals surface area contributed by atoms with Crippen LogP contribution in [0.2, 0.25) is 0 Å². The number of amides is 1. The third-order valence-electron chi connectivity index (χ3n) is 4.59. The van der Waals surface area contributed by atoms with Gasteiger partial charge in [0.05, 0.1) is 30.5 Å². The lowest BCUT2D eigenvalue weighted by molar-refractivity contribution is 0.0947. The molecule has 0 aliphatic carbocycles. The molecule has 1 amide bonds. The van der Waals surface area contributed by atoms with Crippen LogP contribution in [0.3, 0.4) is 0 Å². The molecule has 2 aromatic carbocycles. The van der Waals surface area contributed by atoms with Crippen LogP contribution in [0.15, 0.2) is 59.0 Å². The highest BCUT2D eigenvalue weighted by Gasteiger charge is 2.13. The Morgan fingerprint density at radius 2 is 2.03 bits per heavy atom. The van der Waals surface area contributed by atoms with E-state index >= 15 is 0 Å². The fourth-order valence-corrected chi connectivity index (χ4v) is 4.01. The van der Waals surface area contributed by atoms with Gasteiger partial charge in [0, 0.05) is 17.7 Å². The molecule has 2 aromatic heterocycles. The molecule has 7 heteroatoms. The molecule has 0 fully saturated rings. The van der Waals surface area contributed by atoms with Gasteiger partial charge in [-0.2, -0.15) is 0 Å². The van der Waals surface area contributed by atoms with Gasteiger partial charge >= 0.3 is 0 Å². The number of carbonyl (C=O) groups is 1. The first-order chi connectivity index (χ1) is 14.7. The Bertz CT molecular complexity index is 1130. The molecule has 0 saturated carbocycles. The summed E-state index contributed by atoms with van der Waals surface area (Å²) in [6.45, 7) is 3.20. The standard InChI is InChI=1S/C23H22N2O4S/c1-3-28-14-16-12-15(8-10-19(16)27-2)22(26)24-13-17-9-11-20(29-17)23-25-18-6-4-5-7-21(18)30-23/h4-12H,3,13-14H2,1-2H3,(H,24,26). The summed E-state index contributed by atoms with van der Waals surface area (Å²) in [7, 11) is 1.60. The van der Waals surface area contributed by atoms with E-state index in [0.717, 1.165) is 20.8 Å². The Kier molecular flexibility index (Phi) is 6.11. The zero-order valence-electron chi connectivity index (χ0n) is 16.8. The molecular weight excluding hydrogens is 400 g/mol. The summed E-state index contributed by atoms with van der Waals surface area (Å²) >= 11 is 1.58. The number of hydrogen-bond acceptors (Lipinski definition) is 6. The molecule has 4 aromatic rings. The Labute approximate surface area is 178 Å². The zero-order chi connectivity index (χ0) is 20.9. The summed E-state index contributed by atoms with van der Waals surface area (Å²) in [5, 5.41) is 3.72. The summed E-state index contributed by atoms with van der Waals surface area (Å²) < 4.78 is 17.8. The maximum atomic E-state index is 12.6. The molecular formula is C23H22N2O4S. The van der Waals surface area contributed by atoms with Crippen LogP contribution < -0.4 is 10.1 Å². The largest absolute Gasteiger partial charge is 0.496 e. The molecule has 2 heterocycles. The van der Waals surface area contributed by atoms with Crippen molar-refractivity contribution in [2.75, 3.05) is 13.7 Å². The smallest absolute Gasteiger partial charge is 0.251 e. The van der Waals surface area contributed by atoms with Crippen LogP contribution in [0.1, 0.15) is 28.6 Å². The molecule has 30 heavy (non-hydrogen) atoms. The average Bonchev–Trinajstić information content (AvgIpc) is 3.42. The normalized spacial score (nSPS) is 11.0. The van der Waals surface area contributed by atoms with Gasteiger partial charge in [-0.25, -0.2) is 4.98 Å². The molecule has 0 saturated heterocycles. The quantitative estimate of drug-likeness (QED) is 0.431. The number of para-hydroxylation sites is 1. The fraction of sp³-hybridized carbons (Fsp3) is 0.217. The van der Waals surface area contributed by atoms with Crippen molar-refractivity contribution in [2.45, 2.75) is 20.1 Å². The summed E-state index contributed by atoms with van der Waals surface area (Å²) in [5.74, 6) is 1.88. The van der Waals surface area contributed by atoms with E-state index in [1.165, 1.54) is 0 Å². The van der Waals surface area contributed by atoms with E-state index in [4.69, 9.17) is 13.9 Å². The van der Waals surface area contributed by atoms with Crippen molar-refractivity contribution in [2.24, 2.45) is 0 Å². The first kappa shape index (κ1) is 20.1. The summed E-state index contributed by atoms with van der Waals surface area (Å²) in [6, 6.07) is 17.0. The lowest BCUT2D eigenvalue weighted by atomic mass is 10.1. The fourth-order valence-electron chi connectivity index (χ4n) is 3.08. The van der Waals surface area contributed by atoms with Crippen molar-refractivity contribution < 1.29 is 18.7 Å². The minimum Gasteiger partial charge on any atom is -0.496 e. The first-order valence-corrected chi connectivity index (χ1v) is 10.5. The lowest BCUT2D eigenvalue weighted by Crippen LogP contribution is -2.22. The number of nitrogens with one attached hydrogen (secondary N) is 1. The van der Waals surface area contributed by atoms with Crippen molar-refractivity contribution in [1.29, 1.82) is 0 Å². The van der Waals surface area contributed by atoms with E-state index in [2.05, 4.69) is 10.3 Å². The van der Waals surface area contributed by atoms with Crippen molar-refractivity contribution in [3.05, 3.63) is 71.5 Å². The van der Waals surface area contributed by atoms with Gasteiger partial charge in [-0.3, -0.25) is 4.79 Å². The van der Waals surface area contributed by atoms with Crippen LogP contribution in [-0.2, 0) is 17.9 Å². The second-order valence-corrected chi connectivity index (χ2v) is 7.63. The Morgan fingerprint density at radius 3 is 2.83 bits per heavy atom. The summed E-state index contributed by atoms with van der Waals surface area (Å²) in [6.07, 6.45) is 0. The molecule has 4 rings (SSSR count). The van der Waals surface area contributed by atoms with Crippen LogP contribution in [0.5, 0.6) is 5.75 Å². The van der Waals surface area contributed by atoms with Crippen molar-refractivity contribution in [1.82, 2.24) is 10.3 Å². The highest BCUT2D eigenvalue weighted by Crippen LogP contribution is 2.31. The molecule has 0 bridgehead atoms. The van der Waals surface area contributed by atoms with Gasteiger partial charge in [0.15, 0.2) is 10.8 Å². The number of rotatable bonds is 8. The van der Waals surface area contributed by atoms with Gasteiger partial charge in [0.25, 0.3) is 5.91 Å². The minimum atomic E-state index is -0.187.